The molecule has 1 atom stereocenters. The van der Waals surface area contributed by atoms with E-state index in [4.69, 9.17) is 9.15 Å². The summed E-state index contributed by atoms with van der Waals surface area (Å²) in [5, 5.41) is 12.5. The number of aryl methyl sites for hydroxylation is 2. The van der Waals surface area contributed by atoms with Gasteiger partial charge in [0.15, 0.2) is 6.61 Å². The second-order valence-electron chi connectivity index (χ2n) is 7.08. The minimum Gasteiger partial charge on any atom is -0.483 e. The van der Waals surface area contributed by atoms with Gasteiger partial charge in [0.05, 0.1) is 0 Å². The van der Waals surface area contributed by atoms with Gasteiger partial charge in [0.25, 0.3) is 5.91 Å². The van der Waals surface area contributed by atoms with Gasteiger partial charge in [-0.05, 0) is 50.8 Å². The summed E-state index contributed by atoms with van der Waals surface area (Å²) < 4.78 is 10.9. The number of hydrogen-bond acceptors (Lipinski definition) is 5. The van der Waals surface area contributed by atoms with E-state index >= 15 is 0 Å². The highest BCUT2D eigenvalue weighted by atomic mass is 16.5. The van der Waals surface area contributed by atoms with Crippen LogP contribution in [0.15, 0.2) is 21.3 Å². The van der Waals surface area contributed by atoms with Crippen molar-refractivity contribution in [2.45, 2.75) is 47.1 Å². The Bertz CT molecular complexity index is 928. The number of carbonyl (C=O) groups is 2. The number of ether oxygens (including phenoxy) is 1. The first-order chi connectivity index (χ1) is 12.6. The van der Waals surface area contributed by atoms with Crippen LogP contribution in [0, 0.1) is 26.7 Å². The standard InChI is InChI=1S/C20H25NO6/c1-10(2)8-15(19(23)24)21-17(22)9-26-16-7-6-14-11(3)12(4)20(25)27-18(14)13(16)5/h6-7,10,15H,8-9H2,1-5H3,(H,21,22)(H,23,24). The molecule has 1 unspecified atom stereocenters. The lowest BCUT2D eigenvalue weighted by Gasteiger charge is -2.17. The molecule has 1 amide bonds. The van der Waals surface area contributed by atoms with E-state index in [1.54, 1.807) is 26.0 Å². The zero-order chi connectivity index (χ0) is 20.3. The highest BCUT2D eigenvalue weighted by Crippen LogP contribution is 2.29. The summed E-state index contributed by atoms with van der Waals surface area (Å²) in [6, 6.07) is 2.53. The van der Waals surface area contributed by atoms with Gasteiger partial charge in [0.1, 0.15) is 17.4 Å². The van der Waals surface area contributed by atoms with Crippen LogP contribution in [0.1, 0.15) is 37.0 Å². The maximum absolute atomic E-state index is 12.1. The number of nitrogens with one attached hydrogen (secondary N) is 1. The minimum absolute atomic E-state index is 0.129. The molecular formula is C20H25NO6. The number of benzene rings is 1. The van der Waals surface area contributed by atoms with Gasteiger partial charge in [-0.1, -0.05) is 13.8 Å². The molecule has 0 saturated carbocycles. The lowest BCUT2D eigenvalue weighted by Crippen LogP contribution is -2.43. The first-order valence-corrected chi connectivity index (χ1v) is 8.80. The third-order valence-electron chi connectivity index (χ3n) is 4.52. The number of amides is 1. The Kier molecular flexibility index (Phi) is 6.25. The van der Waals surface area contributed by atoms with Crippen molar-refractivity contribution in [1.29, 1.82) is 0 Å². The van der Waals surface area contributed by atoms with Crippen molar-refractivity contribution in [3.63, 3.8) is 0 Å². The molecule has 1 aromatic heterocycles. The van der Waals surface area contributed by atoms with Gasteiger partial charge in [0.2, 0.25) is 0 Å². The number of carbonyl (C=O) groups excluding carboxylic acids is 1. The predicted octanol–water partition coefficient (Wildman–Crippen LogP) is 2.71. The summed E-state index contributed by atoms with van der Waals surface area (Å²) >= 11 is 0. The van der Waals surface area contributed by atoms with Crippen LogP contribution in [0.3, 0.4) is 0 Å². The Morgan fingerprint density at radius 2 is 1.81 bits per heavy atom. The average molecular weight is 375 g/mol. The van der Waals surface area contributed by atoms with Gasteiger partial charge in [-0.25, -0.2) is 9.59 Å². The summed E-state index contributed by atoms with van der Waals surface area (Å²) in [6.45, 7) is 8.74. The summed E-state index contributed by atoms with van der Waals surface area (Å²) in [6.07, 6.45) is 0.333. The second kappa shape index (κ2) is 8.24. The number of fused-ring (bicyclic) bond motifs is 1. The molecule has 0 aliphatic heterocycles. The van der Waals surface area contributed by atoms with Crippen molar-refractivity contribution in [1.82, 2.24) is 5.32 Å². The van der Waals surface area contributed by atoms with E-state index in [0.29, 0.717) is 28.9 Å². The van der Waals surface area contributed by atoms with Gasteiger partial charge in [-0.2, -0.15) is 0 Å². The number of carboxylic acids is 1. The molecule has 1 heterocycles. The van der Waals surface area contributed by atoms with E-state index < -0.39 is 23.5 Å². The third kappa shape index (κ3) is 4.67. The van der Waals surface area contributed by atoms with Crippen LogP contribution in [0.25, 0.3) is 11.0 Å². The normalized spacial score (nSPS) is 12.2. The fraction of sp³-hybridized carbons (Fsp3) is 0.450. The molecule has 2 aromatic rings. The van der Waals surface area contributed by atoms with E-state index in [9.17, 15) is 19.5 Å². The number of aliphatic carboxylic acids is 1. The molecule has 0 fully saturated rings. The quantitative estimate of drug-likeness (QED) is 0.721. The number of carboxylic acid groups (broad SMARTS) is 1. The van der Waals surface area contributed by atoms with Crippen molar-refractivity contribution in [2.75, 3.05) is 6.61 Å². The van der Waals surface area contributed by atoms with Gasteiger partial charge < -0.3 is 19.6 Å². The second-order valence-corrected chi connectivity index (χ2v) is 7.08. The van der Waals surface area contributed by atoms with Crippen molar-refractivity contribution in [2.24, 2.45) is 5.92 Å². The molecule has 0 spiro atoms. The van der Waals surface area contributed by atoms with Crippen LogP contribution in [0.2, 0.25) is 0 Å². The monoisotopic (exact) mass is 375 g/mol. The summed E-state index contributed by atoms with van der Waals surface area (Å²) in [5.41, 5.74) is 2.02. The molecule has 0 radical (unpaired) electrons. The molecule has 27 heavy (non-hydrogen) atoms. The van der Waals surface area contributed by atoms with E-state index in [1.165, 1.54) is 0 Å². The molecule has 0 aliphatic rings. The van der Waals surface area contributed by atoms with Crippen LogP contribution < -0.4 is 15.7 Å². The highest BCUT2D eigenvalue weighted by Gasteiger charge is 2.21. The smallest absolute Gasteiger partial charge is 0.339 e. The van der Waals surface area contributed by atoms with Crippen molar-refractivity contribution in [3.05, 3.63) is 39.2 Å². The third-order valence-corrected chi connectivity index (χ3v) is 4.52. The molecule has 146 valence electrons. The molecule has 2 N–H and O–H groups in total. The Morgan fingerprint density at radius 1 is 1.15 bits per heavy atom. The summed E-state index contributed by atoms with van der Waals surface area (Å²) in [7, 11) is 0. The van der Waals surface area contributed by atoms with E-state index in [1.807, 2.05) is 20.8 Å². The topological polar surface area (TPSA) is 106 Å². The zero-order valence-corrected chi connectivity index (χ0v) is 16.2. The first-order valence-electron chi connectivity index (χ1n) is 8.80. The Labute approximate surface area is 157 Å². The zero-order valence-electron chi connectivity index (χ0n) is 16.2. The molecule has 1 aromatic carbocycles. The SMILES string of the molecule is Cc1c(C)c2ccc(OCC(=O)NC(CC(C)C)C(=O)O)c(C)c2oc1=O. The maximum atomic E-state index is 12.1. The summed E-state index contributed by atoms with van der Waals surface area (Å²) in [4.78, 5) is 35.2. The van der Waals surface area contributed by atoms with Crippen LogP contribution in [-0.2, 0) is 9.59 Å². The number of hydrogen-bond donors (Lipinski definition) is 2. The largest absolute Gasteiger partial charge is 0.483 e. The lowest BCUT2D eigenvalue weighted by atomic mass is 10.0. The first kappa shape index (κ1) is 20.5. The maximum Gasteiger partial charge on any atom is 0.339 e. The van der Waals surface area contributed by atoms with Gasteiger partial charge in [-0.15, -0.1) is 0 Å². The molecule has 0 bridgehead atoms. The van der Waals surface area contributed by atoms with Crippen LogP contribution >= 0.6 is 0 Å². The Morgan fingerprint density at radius 3 is 2.41 bits per heavy atom. The predicted molar refractivity (Wildman–Crippen MR) is 101 cm³/mol. The van der Waals surface area contributed by atoms with E-state index in [-0.39, 0.29) is 12.5 Å². The Hall–Kier alpha value is -2.83. The minimum atomic E-state index is -1.08. The van der Waals surface area contributed by atoms with Crippen molar-refractivity contribution in [3.8, 4) is 5.75 Å². The Balaban J connectivity index is 2.16. The lowest BCUT2D eigenvalue weighted by molar-refractivity contribution is -0.142. The molecule has 0 aliphatic carbocycles. The molecule has 2 rings (SSSR count). The average Bonchev–Trinajstić information content (AvgIpc) is 2.58. The van der Waals surface area contributed by atoms with Crippen LogP contribution in [0.5, 0.6) is 5.75 Å². The van der Waals surface area contributed by atoms with Crippen molar-refractivity contribution >= 4 is 22.8 Å². The van der Waals surface area contributed by atoms with Gasteiger partial charge in [-0.3, -0.25) is 4.79 Å². The summed E-state index contributed by atoms with van der Waals surface area (Å²) in [5.74, 6) is -1.07. The molecular weight excluding hydrogens is 350 g/mol. The van der Waals surface area contributed by atoms with Crippen LogP contribution in [0.4, 0.5) is 0 Å². The number of rotatable bonds is 7. The van der Waals surface area contributed by atoms with Gasteiger partial charge >= 0.3 is 11.6 Å². The fourth-order valence-corrected chi connectivity index (χ4v) is 2.85. The molecule has 7 heteroatoms. The van der Waals surface area contributed by atoms with E-state index in [0.717, 1.165) is 10.9 Å². The molecule has 0 saturated heterocycles. The van der Waals surface area contributed by atoms with E-state index in [2.05, 4.69) is 5.32 Å². The fourth-order valence-electron chi connectivity index (χ4n) is 2.85. The molecule has 7 nitrogen and oxygen atoms in total. The van der Waals surface area contributed by atoms with Crippen LogP contribution in [-0.4, -0.2) is 29.6 Å². The van der Waals surface area contributed by atoms with Gasteiger partial charge in [0, 0.05) is 16.5 Å². The highest BCUT2D eigenvalue weighted by molar-refractivity contribution is 5.86. The van der Waals surface area contributed by atoms with Crippen molar-refractivity contribution < 1.29 is 23.8 Å².